The van der Waals surface area contributed by atoms with Gasteiger partial charge in [0.05, 0.1) is 0 Å². The van der Waals surface area contributed by atoms with E-state index in [1.807, 2.05) is 12.1 Å². The molecule has 0 radical (unpaired) electrons. The lowest BCUT2D eigenvalue weighted by molar-refractivity contribution is -0.0887. The highest BCUT2D eigenvalue weighted by molar-refractivity contribution is 5.31. The summed E-state index contributed by atoms with van der Waals surface area (Å²) in [6.45, 7) is 2.10. The minimum atomic E-state index is -1.22. The second-order valence-corrected chi connectivity index (χ2v) is 4.84. The van der Waals surface area contributed by atoms with Gasteiger partial charge in [0.1, 0.15) is 5.75 Å². The Labute approximate surface area is 109 Å². The van der Waals surface area contributed by atoms with Crippen LogP contribution in [0.2, 0.25) is 0 Å². The largest absolute Gasteiger partial charge is 0.508 e. The molecule has 0 bridgehead atoms. The van der Waals surface area contributed by atoms with Crippen molar-refractivity contribution in [2.24, 2.45) is 5.92 Å². The fourth-order valence-corrected chi connectivity index (χ4v) is 2.19. The summed E-state index contributed by atoms with van der Waals surface area (Å²) < 4.78 is 0. The van der Waals surface area contributed by atoms with Gasteiger partial charge in [-0.3, -0.25) is 0 Å². The second kappa shape index (κ2) is 8.11. The van der Waals surface area contributed by atoms with E-state index in [1.54, 1.807) is 12.1 Å². The van der Waals surface area contributed by atoms with E-state index in [2.05, 4.69) is 6.92 Å². The molecule has 0 amide bonds. The maximum absolute atomic E-state index is 9.63. The summed E-state index contributed by atoms with van der Waals surface area (Å²) in [7, 11) is 0. The maximum atomic E-state index is 9.63. The Morgan fingerprint density at radius 3 is 2.33 bits per heavy atom. The summed E-state index contributed by atoms with van der Waals surface area (Å²) in [6.07, 6.45) is 4.16. The number of aromatic hydroxyl groups is 1. The van der Waals surface area contributed by atoms with Crippen molar-refractivity contribution >= 4 is 0 Å². The third kappa shape index (κ3) is 5.07. The van der Waals surface area contributed by atoms with Crippen LogP contribution in [0.5, 0.6) is 5.75 Å². The zero-order valence-electron chi connectivity index (χ0n) is 11.0. The van der Waals surface area contributed by atoms with Crippen LogP contribution < -0.4 is 0 Å². The van der Waals surface area contributed by atoms with E-state index in [0.717, 1.165) is 44.1 Å². The number of unbranched alkanes of at least 4 members (excludes halogenated alkanes) is 1. The van der Waals surface area contributed by atoms with E-state index >= 15 is 0 Å². The van der Waals surface area contributed by atoms with Crippen molar-refractivity contribution in [3.63, 3.8) is 0 Å². The zero-order valence-corrected chi connectivity index (χ0v) is 11.0. The number of aliphatic hydroxyl groups is 2. The predicted molar refractivity (Wildman–Crippen MR) is 72.3 cm³/mol. The van der Waals surface area contributed by atoms with Gasteiger partial charge in [-0.2, -0.15) is 0 Å². The van der Waals surface area contributed by atoms with Crippen molar-refractivity contribution in [3.8, 4) is 5.75 Å². The van der Waals surface area contributed by atoms with Crippen LogP contribution in [0.3, 0.4) is 0 Å². The highest BCUT2D eigenvalue weighted by Crippen LogP contribution is 2.22. The predicted octanol–water partition coefficient (Wildman–Crippen LogP) is 2.83. The van der Waals surface area contributed by atoms with Crippen molar-refractivity contribution in [3.05, 3.63) is 29.8 Å². The van der Waals surface area contributed by atoms with Gasteiger partial charge in [-0.05, 0) is 37.3 Å². The Balaban J connectivity index is 2.36. The van der Waals surface area contributed by atoms with Crippen LogP contribution >= 0.6 is 0 Å². The molecule has 18 heavy (non-hydrogen) atoms. The molecule has 0 heterocycles. The molecule has 0 saturated heterocycles. The Bertz CT molecular complexity index is 336. The highest BCUT2D eigenvalue weighted by atomic mass is 16.5. The molecule has 0 aromatic heterocycles. The minimum absolute atomic E-state index is 0.0456. The third-order valence-corrected chi connectivity index (χ3v) is 3.36. The van der Waals surface area contributed by atoms with E-state index in [-0.39, 0.29) is 5.92 Å². The number of rotatable bonds is 8. The number of hydrogen-bond donors (Lipinski definition) is 3. The Morgan fingerprint density at radius 2 is 1.72 bits per heavy atom. The molecule has 3 nitrogen and oxygen atoms in total. The van der Waals surface area contributed by atoms with Crippen LogP contribution in [0, 0.1) is 5.92 Å². The molecule has 3 N–H and O–H groups in total. The van der Waals surface area contributed by atoms with Crippen molar-refractivity contribution in [1.82, 2.24) is 0 Å². The average molecular weight is 252 g/mol. The first-order chi connectivity index (χ1) is 8.65. The molecule has 1 aromatic carbocycles. The van der Waals surface area contributed by atoms with E-state index in [1.165, 1.54) is 0 Å². The Kier molecular flexibility index (Phi) is 6.76. The zero-order chi connectivity index (χ0) is 13.4. The molecule has 1 atom stereocenters. The minimum Gasteiger partial charge on any atom is -0.508 e. The van der Waals surface area contributed by atoms with Crippen LogP contribution in [-0.4, -0.2) is 21.6 Å². The fraction of sp³-hybridized carbons (Fsp3) is 0.600. The quantitative estimate of drug-likeness (QED) is 0.623. The van der Waals surface area contributed by atoms with Crippen LogP contribution in [0.25, 0.3) is 0 Å². The molecule has 0 aliphatic heterocycles. The van der Waals surface area contributed by atoms with Gasteiger partial charge < -0.3 is 15.3 Å². The summed E-state index contributed by atoms with van der Waals surface area (Å²) in [4.78, 5) is 0. The smallest absolute Gasteiger partial charge is 0.154 e. The third-order valence-electron chi connectivity index (χ3n) is 3.36. The number of para-hydroxylation sites is 1. The first-order valence-electron chi connectivity index (χ1n) is 6.78. The van der Waals surface area contributed by atoms with Gasteiger partial charge in [0.25, 0.3) is 0 Å². The SMILES string of the molecule is CCCCC(CCCc1ccccc1O)C(O)O. The number of aliphatic hydroxyl groups excluding tert-OH is 1. The molecule has 3 heteroatoms. The summed E-state index contributed by atoms with van der Waals surface area (Å²) in [5, 5.41) is 28.2. The van der Waals surface area contributed by atoms with Crippen molar-refractivity contribution in [2.75, 3.05) is 0 Å². The number of hydrogen-bond acceptors (Lipinski definition) is 3. The number of aryl methyl sites for hydroxylation is 1. The van der Waals surface area contributed by atoms with Crippen LogP contribution in [0.1, 0.15) is 44.6 Å². The van der Waals surface area contributed by atoms with E-state index in [9.17, 15) is 15.3 Å². The molecule has 0 fully saturated rings. The molecular formula is C15H24O3. The summed E-state index contributed by atoms with van der Waals surface area (Å²) in [5.74, 6) is 0.281. The van der Waals surface area contributed by atoms with Gasteiger partial charge in [0.15, 0.2) is 6.29 Å². The molecule has 102 valence electrons. The molecule has 0 spiro atoms. The Morgan fingerprint density at radius 1 is 1.06 bits per heavy atom. The van der Waals surface area contributed by atoms with Crippen LogP contribution in [0.4, 0.5) is 0 Å². The molecule has 0 aliphatic rings. The fourth-order valence-electron chi connectivity index (χ4n) is 2.19. The van der Waals surface area contributed by atoms with Gasteiger partial charge in [-0.15, -0.1) is 0 Å². The van der Waals surface area contributed by atoms with E-state index in [0.29, 0.717) is 5.75 Å². The first kappa shape index (κ1) is 15.0. The van der Waals surface area contributed by atoms with Crippen LogP contribution in [0.15, 0.2) is 24.3 Å². The van der Waals surface area contributed by atoms with Crippen molar-refractivity contribution in [2.45, 2.75) is 51.7 Å². The van der Waals surface area contributed by atoms with Crippen LogP contribution in [-0.2, 0) is 6.42 Å². The van der Waals surface area contributed by atoms with E-state index in [4.69, 9.17) is 0 Å². The molecule has 1 unspecified atom stereocenters. The van der Waals surface area contributed by atoms with Gasteiger partial charge in [-0.1, -0.05) is 38.0 Å². The van der Waals surface area contributed by atoms with Crippen molar-refractivity contribution in [1.29, 1.82) is 0 Å². The molecular weight excluding hydrogens is 228 g/mol. The lowest BCUT2D eigenvalue weighted by Crippen LogP contribution is -2.19. The summed E-state index contributed by atoms with van der Waals surface area (Å²) >= 11 is 0. The topological polar surface area (TPSA) is 60.7 Å². The standard InChI is InChI=1S/C15H24O3/c1-2-3-7-13(15(17)18)10-6-9-12-8-4-5-11-14(12)16/h4-5,8,11,13,15-18H,2-3,6-7,9-10H2,1H3. The normalized spacial score (nSPS) is 12.9. The summed E-state index contributed by atoms with van der Waals surface area (Å²) in [5.41, 5.74) is 0.930. The van der Waals surface area contributed by atoms with Gasteiger partial charge in [0, 0.05) is 5.92 Å². The first-order valence-corrected chi connectivity index (χ1v) is 6.78. The molecule has 0 saturated carbocycles. The Hall–Kier alpha value is -1.06. The average Bonchev–Trinajstić information content (AvgIpc) is 2.35. The van der Waals surface area contributed by atoms with E-state index < -0.39 is 6.29 Å². The lowest BCUT2D eigenvalue weighted by Gasteiger charge is -2.18. The maximum Gasteiger partial charge on any atom is 0.154 e. The van der Waals surface area contributed by atoms with Gasteiger partial charge in [-0.25, -0.2) is 0 Å². The number of phenols is 1. The number of phenolic OH excluding ortho intramolecular Hbond substituents is 1. The van der Waals surface area contributed by atoms with Gasteiger partial charge >= 0.3 is 0 Å². The lowest BCUT2D eigenvalue weighted by atomic mass is 9.94. The van der Waals surface area contributed by atoms with Crippen molar-refractivity contribution < 1.29 is 15.3 Å². The monoisotopic (exact) mass is 252 g/mol. The highest BCUT2D eigenvalue weighted by Gasteiger charge is 2.15. The molecule has 1 rings (SSSR count). The van der Waals surface area contributed by atoms with Gasteiger partial charge in [0.2, 0.25) is 0 Å². The second-order valence-electron chi connectivity index (χ2n) is 4.84. The number of benzene rings is 1. The molecule has 1 aromatic rings. The molecule has 0 aliphatic carbocycles. The summed E-state index contributed by atoms with van der Waals surface area (Å²) in [6, 6.07) is 7.31.